The van der Waals surface area contributed by atoms with Crippen molar-refractivity contribution in [2.45, 2.75) is 5.21 Å². The molecule has 0 fully saturated rings. The Kier molecular flexibility index (Phi) is 16.3. The van der Waals surface area contributed by atoms with Crippen molar-refractivity contribution in [2.75, 3.05) is 0 Å². The van der Waals surface area contributed by atoms with E-state index >= 15 is 0 Å². The number of halogens is 1. The summed E-state index contributed by atoms with van der Waals surface area (Å²) in [5, 5.41) is 1.15. The van der Waals surface area contributed by atoms with Crippen LogP contribution in [0.5, 0.6) is 0 Å². The van der Waals surface area contributed by atoms with E-state index in [1.807, 2.05) is 6.08 Å². The predicted octanol–water partition coefficient (Wildman–Crippen LogP) is 0.802. The van der Waals surface area contributed by atoms with Crippen LogP contribution in [0, 0.1) is 0 Å². The second-order valence-electron chi connectivity index (χ2n) is 0.524. The van der Waals surface area contributed by atoms with Crippen LogP contribution in [-0.2, 0) is 0 Å². The normalized spacial score (nSPS) is 5.00. The van der Waals surface area contributed by atoms with Crippen molar-refractivity contribution in [3.63, 3.8) is 0 Å². The summed E-state index contributed by atoms with van der Waals surface area (Å²) in [6.07, 6.45) is 1.90. The molecule has 1 atom stereocenters. The predicted molar refractivity (Wildman–Crippen MR) is 33.9 cm³/mol. The van der Waals surface area contributed by atoms with E-state index < -0.39 is 0 Å². The van der Waals surface area contributed by atoms with Crippen molar-refractivity contribution in [1.29, 1.82) is 0 Å². The molecule has 0 nitrogen and oxygen atoms in total. The minimum absolute atomic E-state index is 0. The third kappa shape index (κ3) is 11.7. The molecule has 0 aliphatic carbocycles. The Morgan fingerprint density at radius 1 is 1.80 bits per heavy atom. The van der Waals surface area contributed by atoms with Gasteiger partial charge >= 0.3 is 34.7 Å². The maximum absolute atomic E-state index is 3.49. The zero-order valence-electron chi connectivity index (χ0n) is 2.98. The first-order chi connectivity index (χ1) is 1.91. The van der Waals surface area contributed by atoms with Crippen molar-refractivity contribution in [2.24, 2.45) is 0 Å². The van der Waals surface area contributed by atoms with Crippen molar-refractivity contribution in [1.82, 2.24) is 0 Å². The van der Waals surface area contributed by atoms with Gasteiger partial charge in [-0.15, -0.1) is 17.0 Å². The summed E-state index contributed by atoms with van der Waals surface area (Å²) in [7, 11) is 0. The Morgan fingerprint density at radius 2 is 2.00 bits per heavy atom. The van der Waals surface area contributed by atoms with Gasteiger partial charge in [0.25, 0.3) is 0 Å². The molecule has 0 spiro atoms. The van der Waals surface area contributed by atoms with Crippen LogP contribution in [0.25, 0.3) is 0 Å². The van der Waals surface area contributed by atoms with E-state index in [1.54, 1.807) is 16.9 Å². The summed E-state index contributed by atoms with van der Waals surface area (Å²) < 4.78 is 0. The van der Waals surface area contributed by atoms with Crippen LogP contribution in [0.1, 0.15) is 0 Å². The van der Waals surface area contributed by atoms with Crippen LogP contribution >= 0.6 is 17.0 Å². The molecule has 0 amide bonds. The van der Waals surface area contributed by atoms with Gasteiger partial charge in [-0.25, -0.2) is 0 Å². The molecule has 5 heavy (non-hydrogen) atoms. The van der Waals surface area contributed by atoms with Gasteiger partial charge in [0.2, 0.25) is 0 Å². The third-order valence-corrected chi connectivity index (χ3v) is 0.866. The minimum atomic E-state index is 0. The molecule has 0 aliphatic heterocycles. The molecule has 0 heterocycles. The Bertz CT molecular complexity index is 20.9. The van der Waals surface area contributed by atoms with E-state index in [0.29, 0.717) is 0 Å². The van der Waals surface area contributed by atoms with Crippen LogP contribution in [0.3, 0.4) is 0 Å². The van der Waals surface area contributed by atoms with Crippen molar-refractivity contribution in [3.8, 4) is 0 Å². The maximum atomic E-state index is 3.49. The molecule has 0 rings (SSSR count). The van der Waals surface area contributed by atoms with Crippen LogP contribution < -0.4 is 0 Å². The van der Waals surface area contributed by atoms with Crippen molar-refractivity contribution >= 4 is 33.8 Å². The van der Waals surface area contributed by atoms with Crippen LogP contribution in [0.15, 0.2) is 12.7 Å². The fourth-order valence-corrected chi connectivity index (χ4v) is 0. The topological polar surface area (TPSA) is 0 Å². The molecule has 0 aromatic heterocycles. The van der Waals surface area contributed by atoms with E-state index in [2.05, 4.69) is 6.58 Å². The SMILES string of the molecule is Br.C=CC[AsH2]. The first-order valence-electron chi connectivity index (χ1n) is 1.22. The molecule has 0 aromatic rings. The molecule has 0 aromatic carbocycles. The summed E-state index contributed by atoms with van der Waals surface area (Å²) in [4.78, 5) is 0. The van der Waals surface area contributed by atoms with Gasteiger partial charge in [-0.05, 0) is 0 Å². The van der Waals surface area contributed by atoms with Gasteiger partial charge in [-0.2, -0.15) is 0 Å². The molecule has 0 bridgehead atoms. The fraction of sp³-hybridized carbons (Fsp3) is 0.333. The van der Waals surface area contributed by atoms with E-state index in [4.69, 9.17) is 0 Å². The van der Waals surface area contributed by atoms with Gasteiger partial charge in [0.05, 0.1) is 0 Å². The average Bonchev–Trinajstić information content (AvgIpc) is 1.37. The Morgan fingerprint density at radius 3 is 2.00 bits per heavy atom. The molecular formula is C3H8AsBr. The number of hydrogen-bond acceptors (Lipinski definition) is 0. The molecular weight excluding hydrogens is 191 g/mol. The monoisotopic (exact) mass is 198 g/mol. The molecule has 0 radical (unpaired) electrons. The van der Waals surface area contributed by atoms with Crippen molar-refractivity contribution < 1.29 is 0 Å². The summed E-state index contributed by atoms with van der Waals surface area (Å²) in [5.41, 5.74) is 0. The standard InChI is InChI=1S/C3H7As.BrH/c1-2-3-4;/h2H,1,3-4H2;1H. The first-order valence-corrected chi connectivity index (χ1v) is 2.94. The molecule has 0 aliphatic rings. The van der Waals surface area contributed by atoms with Gasteiger partial charge in [0.1, 0.15) is 0 Å². The summed E-state index contributed by atoms with van der Waals surface area (Å²) in [6, 6.07) is 0. The Labute approximate surface area is 51.9 Å². The van der Waals surface area contributed by atoms with Gasteiger partial charge < -0.3 is 0 Å². The van der Waals surface area contributed by atoms with Gasteiger partial charge in [-0.3, -0.25) is 0 Å². The van der Waals surface area contributed by atoms with Gasteiger partial charge in [-0.1, -0.05) is 0 Å². The molecule has 32 valence electrons. The zero-order valence-corrected chi connectivity index (χ0v) is 7.11. The Balaban J connectivity index is 0. The van der Waals surface area contributed by atoms with Crippen LogP contribution in [0.2, 0.25) is 5.21 Å². The zero-order chi connectivity index (χ0) is 3.41. The van der Waals surface area contributed by atoms with Gasteiger partial charge in [0, 0.05) is 0 Å². The average molecular weight is 199 g/mol. The summed E-state index contributed by atoms with van der Waals surface area (Å²) >= 11 is 1.71. The van der Waals surface area contributed by atoms with E-state index in [1.165, 1.54) is 0 Å². The fourth-order valence-electron chi connectivity index (χ4n) is 0. The Hall–Kier alpha value is 0.778. The quantitative estimate of drug-likeness (QED) is 0.432. The molecule has 1 unspecified atom stereocenters. The summed E-state index contributed by atoms with van der Waals surface area (Å²) in [6.45, 7) is 3.49. The van der Waals surface area contributed by atoms with Crippen LogP contribution in [0.4, 0.5) is 0 Å². The van der Waals surface area contributed by atoms with E-state index in [0.717, 1.165) is 5.21 Å². The van der Waals surface area contributed by atoms with E-state index in [9.17, 15) is 0 Å². The number of allylic oxidation sites excluding steroid dienone is 1. The molecule has 0 N–H and O–H groups in total. The van der Waals surface area contributed by atoms with Crippen molar-refractivity contribution in [3.05, 3.63) is 12.7 Å². The summed E-state index contributed by atoms with van der Waals surface area (Å²) in [5.74, 6) is 0. The van der Waals surface area contributed by atoms with Crippen LogP contribution in [-0.4, -0.2) is 16.9 Å². The molecule has 2 heteroatoms. The molecule has 0 saturated carbocycles. The van der Waals surface area contributed by atoms with E-state index in [-0.39, 0.29) is 17.0 Å². The second kappa shape index (κ2) is 8.84. The third-order valence-electron chi connectivity index (χ3n) is 0.167. The second-order valence-corrected chi connectivity index (χ2v) is 1.51. The number of rotatable bonds is 1. The first kappa shape index (κ1) is 9.24. The van der Waals surface area contributed by atoms with Gasteiger partial charge in [0.15, 0.2) is 0 Å². The number of hydrogen-bond donors (Lipinski definition) is 0. The molecule has 0 saturated heterocycles.